The molecular formula is C14H15NO. The maximum atomic E-state index is 12.1. The number of aromatic amines is 1. The minimum absolute atomic E-state index is 0.116. The fraction of sp³-hybridized carbons (Fsp3) is 0.214. The Balaban J connectivity index is 2.74. The van der Waals surface area contributed by atoms with E-state index in [0.29, 0.717) is 0 Å². The molecule has 2 nitrogen and oxygen atoms in total. The number of hydrogen-bond acceptors (Lipinski definition) is 1. The Bertz CT molecular complexity index is 608. The molecule has 0 fully saturated rings. The number of nitrogens with one attached hydrogen (secondary N) is 1. The van der Waals surface area contributed by atoms with Gasteiger partial charge in [-0.2, -0.15) is 0 Å². The molecule has 2 aromatic rings. The number of pyridine rings is 1. The number of aromatic nitrogens is 1. The molecule has 82 valence electrons. The van der Waals surface area contributed by atoms with Gasteiger partial charge in [0.15, 0.2) is 5.43 Å². The Morgan fingerprint density at radius 1 is 1.38 bits per heavy atom. The molecule has 0 aliphatic rings. The molecule has 0 aliphatic heterocycles. The van der Waals surface area contributed by atoms with Gasteiger partial charge in [0, 0.05) is 28.6 Å². The maximum absolute atomic E-state index is 12.1. The predicted octanol–water partition coefficient (Wildman–Crippen LogP) is 2.96. The van der Waals surface area contributed by atoms with Gasteiger partial charge < -0.3 is 4.98 Å². The molecule has 0 aliphatic carbocycles. The van der Waals surface area contributed by atoms with Gasteiger partial charge in [0.2, 0.25) is 0 Å². The van der Waals surface area contributed by atoms with Crippen molar-refractivity contribution in [1.82, 2.24) is 4.98 Å². The normalized spacial score (nSPS) is 10.6. The van der Waals surface area contributed by atoms with Crippen LogP contribution >= 0.6 is 0 Å². The third-order valence-corrected chi connectivity index (χ3v) is 2.73. The van der Waals surface area contributed by atoms with E-state index in [2.05, 4.69) is 11.6 Å². The Hall–Kier alpha value is -1.83. The van der Waals surface area contributed by atoms with Crippen molar-refractivity contribution in [3.8, 4) is 0 Å². The van der Waals surface area contributed by atoms with Crippen molar-refractivity contribution in [2.24, 2.45) is 0 Å². The third-order valence-electron chi connectivity index (χ3n) is 2.73. The lowest BCUT2D eigenvalue weighted by Gasteiger charge is -2.07. The van der Waals surface area contributed by atoms with Crippen LogP contribution in [-0.2, 0) is 6.42 Å². The van der Waals surface area contributed by atoms with E-state index in [1.165, 1.54) is 0 Å². The summed E-state index contributed by atoms with van der Waals surface area (Å²) in [6.45, 7) is 7.71. The van der Waals surface area contributed by atoms with Crippen molar-refractivity contribution >= 4 is 10.9 Å². The first-order chi connectivity index (χ1) is 7.59. The van der Waals surface area contributed by atoms with Gasteiger partial charge in [0.1, 0.15) is 0 Å². The molecule has 1 aromatic heterocycles. The van der Waals surface area contributed by atoms with Crippen LogP contribution in [0.2, 0.25) is 0 Å². The first-order valence-electron chi connectivity index (χ1n) is 5.34. The van der Waals surface area contributed by atoms with E-state index >= 15 is 0 Å². The molecule has 2 rings (SSSR count). The fourth-order valence-corrected chi connectivity index (χ4v) is 1.86. The largest absolute Gasteiger partial charge is 0.358 e. The van der Waals surface area contributed by atoms with Gasteiger partial charge in [-0.15, -0.1) is 0 Å². The van der Waals surface area contributed by atoms with Crippen molar-refractivity contribution in [2.75, 3.05) is 0 Å². The topological polar surface area (TPSA) is 32.9 Å². The summed E-state index contributed by atoms with van der Waals surface area (Å²) in [5.74, 6) is 0. The van der Waals surface area contributed by atoms with Gasteiger partial charge in [0.25, 0.3) is 0 Å². The second-order valence-corrected chi connectivity index (χ2v) is 4.24. The van der Waals surface area contributed by atoms with E-state index in [4.69, 9.17) is 0 Å². The molecule has 0 spiro atoms. The van der Waals surface area contributed by atoms with Crippen LogP contribution in [0.15, 0.2) is 41.2 Å². The zero-order chi connectivity index (χ0) is 11.7. The van der Waals surface area contributed by atoms with Crippen molar-refractivity contribution in [2.45, 2.75) is 20.3 Å². The molecule has 0 bridgehead atoms. The van der Waals surface area contributed by atoms with Gasteiger partial charge in [-0.25, -0.2) is 0 Å². The SMILES string of the molecule is C=C(C)Cc1[nH]c2ccccc2c(=O)c1C. The number of rotatable bonds is 2. The molecular weight excluding hydrogens is 198 g/mol. The first-order valence-corrected chi connectivity index (χ1v) is 5.34. The first kappa shape index (κ1) is 10.7. The molecule has 1 aromatic carbocycles. The molecule has 1 heterocycles. The summed E-state index contributed by atoms with van der Waals surface area (Å²) < 4.78 is 0. The maximum Gasteiger partial charge on any atom is 0.192 e. The molecule has 0 saturated heterocycles. The summed E-state index contributed by atoms with van der Waals surface area (Å²) in [4.78, 5) is 15.4. The van der Waals surface area contributed by atoms with Gasteiger partial charge >= 0.3 is 0 Å². The highest BCUT2D eigenvalue weighted by Gasteiger charge is 2.07. The Kier molecular flexibility index (Phi) is 2.65. The van der Waals surface area contributed by atoms with Crippen LogP contribution in [0.1, 0.15) is 18.2 Å². The average Bonchev–Trinajstić information content (AvgIpc) is 2.25. The molecule has 0 radical (unpaired) electrons. The van der Waals surface area contributed by atoms with E-state index < -0.39 is 0 Å². The Labute approximate surface area is 94.6 Å². The van der Waals surface area contributed by atoms with E-state index in [1.807, 2.05) is 38.1 Å². The standard InChI is InChI=1S/C14H15NO/c1-9(2)8-13-10(3)14(16)11-6-4-5-7-12(11)15-13/h4-7H,1,8H2,2-3H3,(H,15,16). The monoisotopic (exact) mass is 213 g/mol. The second-order valence-electron chi connectivity index (χ2n) is 4.24. The van der Waals surface area contributed by atoms with Crippen LogP contribution in [0.3, 0.4) is 0 Å². The van der Waals surface area contributed by atoms with Gasteiger partial charge in [-0.3, -0.25) is 4.79 Å². The number of hydrogen-bond donors (Lipinski definition) is 1. The zero-order valence-corrected chi connectivity index (χ0v) is 9.63. The average molecular weight is 213 g/mol. The lowest BCUT2D eigenvalue weighted by atomic mass is 10.1. The van der Waals surface area contributed by atoms with Crippen LogP contribution in [0, 0.1) is 6.92 Å². The highest BCUT2D eigenvalue weighted by Crippen LogP contribution is 2.13. The van der Waals surface area contributed by atoms with Crippen LogP contribution in [-0.4, -0.2) is 4.98 Å². The number of benzene rings is 1. The lowest BCUT2D eigenvalue weighted by Crippen LogP contribution is -2.11. The summed E-state index contributed by atoms with van der Waals surface area (Å²) in [7, 11) is 0. The third kappa shape index (κ3) is 1.78. The molecule has 0 atom stereocenters. The van der Waals surface area contributed by atoms with Crippen molar-refractivity contribution in [1.29, 1.82) is 0 Å². The smallest absolute Gasteiger partial charge is 0.192 e. The quantitative estimate of drug-likeness (QED) is 0.764. The minimum atomic E-state index is 0.116. The minimum Gasteiger partial charge on any atom is -0.358 e. The Morgan fingerprint density at radius 2 is 2.06 bits per heavy atom. The molecule has 2 heteroatoms. The summed E-state index contributed by atoms with van der Waals surface area (Å²) in [6, 6.07) is 7.59. The molecule has 0 saturated carbocycles. The summed E-state index contributed by atoms with van der Waals surface area (Å²) in [5.41, 5.74) is 3.83. The highest BCUT2D eigenvalue weighted by atomic mass is 16.1. The molecule has 1 N–H and O–H groups in total. The van der Waals surface area contributed by atoms with Crippen LogP contribution in [0.5, 0.6) is 0 Å². The Morgan fingerprint density at radius 3 is 2.75 bits per heavy atom. The lowest BCUT2D eigenvalue weighted by molar-refractivity contribution is 1.04. The number of allylic oxidation sites excluding steroid dienone is 1. The summed E-state index contributed by atoms with van der Waals surface area (Å²) in [5, 5.41) is 0.755. The van der Waals surface area contributed by atoms with Crippen LogP contribution in [0.4, 0.5) is 0 Å². The fourth-order valence-electron chi connectivity index (χ4n) is 1.86. The molecule has 0 amide bonds. The van der Waals surface area contributed by atoms with Gasteiger partial charge in [-0.1, -0.05) is 24.3 Å². The van der Waals surface area contributed by atoms with E-state index in [-0.39, 0.29) is 5.43 Å². The van der Waals surface area contributed by atoms with E-state index in [0.717, 1.165) is 34.2 Å². The van der Waals surface area contributed by atoms with Crippen LogP contribution < -0.4 is 5.43 Å². The molecule has 16 heavy (non-hydrogen) atoms. The predicted molar refractivity (Wildman–Crippen MR) is 67.8 cm³/mol. The highest BCUT2D eigenvalue weighted by molar-refractivity contribution is 5.79. The van der Waals surface area contributed by atoms with Crippen molar-refractivity contribution in [3.63, 3.8) is 0 Å². The second kappa shape index (κ2) is 3.97. The zero-order valence-electron chi connectivity index (χ0n) is 9.63. The van der Waals surface area contributed by atoms with Gasteiger partial charge in [0.05, 0.1) is 0 Å². The van der Waals surface area contributed by atoms with Crippen LogP contribution in [0.25, 0.3) is 10.9 Å². The van der Waals surface area contributed by atoms with Gasteiger partial charge in [-0.05, 0) is 26.0 Å². The number of para-hydroxylation sites is 1. The number of H-pyrrole nitrogens is 1. The van der Waals surface area contributed by atoms with Crippen molar-refractivity contribution < 1.29 is 0 Å². The molecule has 0 unspecified atom stereocenters. The van der Waals surface area contributed by atoms with E-state index in [1.54, 1.807) is 0 Å². The summed E-state index contributed by atoms with van der Waals surface area (Å²) in [6.07, 6.45) is 0.728. The van der Waals surface area contributed by atoms with E-state index in [9.17, 15) is 4.79 Å². The number of fused-ring (bicyclic) bond motifs is 1. The summed E-state index contributed by atoms with van der Waals surface area (Å²) >= 11 is 0. The van der Waals surface area contributed by atoms with Crippen molar-refractivity contribution in [3.05, 3.63) is 57.9 Å².